The van der Waals surface area contributed by atoms with Crippen LogP contribution in [0.2, 0.25) is 0 Å². The van der Waals surface area contributed by atoms with Crippen LogP contribution in [0.1, 0.15) is 39.0 Å². The van der Waals surface area contributed by atoms with Gasteiger partial charge in [0.15, 0.2) is 0 Å². The van der Waals surface area contributed by atoms with Gasteiger partial charge in [0.05, 0.1) is 0 Å². The zero-order valence-electron chi connectivity index (χ0n) is 9.61. The maximum atomic E-state index is 11.1. The summed E-state index contributed by atoms with van der Waals surface area (Å²) in [4.78, 5) is 13.0. The minimum absolute atomic E-state index is 0.196. The molecular formula is C12H22N2O. The molecule has 1 amide bonds. The molecule has 15 heavy (non-hydrogen) atoms. The smallest absolute Gasteiger partial charge is 0.219 e. The van der Waals surface area contributed by atoms with E-state index in [2.05, 4.69) is 0 Å². The van der Waals surface area contributed by atoms with E-state index in [0.717, 1.165) is 19.0 Å². The maximum absolute atomic E-state index is 11.1. The Morgan fingerprint density at radius 3 is 2.33 bits per heavy atom. The Morgan fingerprint density at radius 2 is 1.80 bits per heavy atom. The number of hydrogen-bond acceptors (Lipinski definition) is 2. The summed E-state index contributed by atoms with van der Waals surface area (Å²) in [5.74, 6) is 1.48. The molecule has 86 valence electrons. The Bertz CT molecular complexity index is 230. The summed E-state index contributed by atoms with van der Waals surface area (Å²) in [6, 6.07) is 0.334. The highest BCUT2D eigenvalue weighted by molar-refractivity contribution is 5.74. The summed E-state index contributed by atoms with van der Waals surface area (Å²) in [6.07, 6.45) is 6.69. The third-order valence-electron chi connectivity index (χ3n) is 4.09. The Balaban J connectivity index is 1.77. The van der Waals surface area contributed by atoms with E-state index in [1.807, 2.05) is 4.90 Å². The van der Waals surface area contributed by atoms with E-state index >= 15 is 0 Å². The van der Waals surface area contributed by atoms with Crippen LogP contribution in [-0.4, -0.2) is 29.9 Å². The number of carbonyl (C=O) groups excluding carboxylic acids is 1. The van der Waals surface area contributed by atoms with E-state index < -0.39 is 0 Å². The van der Waals surface area contributed by atoms with Gasteiger partial charge < -0.3 is 10.6 Å². The maximum Gasteiger partial charge on any atom is 0.219 e. The van der Waals surface area contributed by atoms with Crippen LogP contribution in [0.15, 0.2) is 0 Å². The van der Waals surface area contributed by atoms with Crippen LogP contribution in [0.4, 0.5) is 0 Å². The second kappa shape index (κ2) is 4.52. The lowest BCUT2D eigenvalue weighted by atomic mass is 9.76. The lowest BCUT2D eigenvalue weighted by Gasteiger charge is -2.44. The van der Waals surface area contributed by atoms with E-state index in [9.17, 15) is 4.79 Å². The molecule has 1 atom stereocenters. The zero-order chi connectivity index (χ0) is 10.8. The fourth-order valence-corrected chi connectivity index (χ4v) is 2.92. The molecule has 0 aromatic heterocycles. The Hall–Kier alpha value is -0.570. The Labute approximate surface area is 92.0 Å². The van der Waals surface area contributed by atoms with Gasteiger partial charge >= 0.3 is 0 Å². The third-order valence-corrected chi connectivity index (χ3v) is 4.09. The first-order valence-corrected chi connectivity index (χ1v) is 6.19. The Kier molecular flexibility index (Phi) is 3.29. The summed E-state index contributed by atoms with van der Waals surface area (Å²) in [7, 11) is 0. The third kappa shape index (κ3) is 2.33. The first kappa shape index (κ1) is 10.9. The largest absolute Gasteiger partial charge is 0.342 e. The molecule has 0 radical (unpaired) electrons. The molecule has 1 aliphatic carbocycles. The predicted octanol–water partition coefficient (Wildman–Crippen LogP) is 1.37. The summed E-state index contributed by atoms with van der Waals surface area (Å²) in [5.41, 5.74) is 6.28. The van der Waals surface area contributed by atoms with Crippen LogP contribution < -0.4 is 5.73 Å². The molecule has 3 heteroatoms. The minimum atomic E-state index is 0.196. The molecule has 0 bridgehead atoms. The molecule has 2 aliphatic rings. The van der Waals surface area contributed by atoms with E-state index in [0.29, 0.717) is 12.0 Å². The molecule has 0 aromatic carbocycles. The average Bonchev–Trinajstić information content (AvgIpc) is 2.16. The standard InChI is InChI=1S/C12H22N2O/c1-9(15)14-7-11(8-14)12(13)10-5-3-2-4-6-10/h10-12H,2-8,13H2,1H3. The van der Waals surface area contributed by atoms with E-state index in [1.54, 1.807) is 6.92 Å². The Morgan fingerprint density at radius 1 is 1.20 bits per heavy atom. The molecule has 2 fully saturated rings. The van der Waals surface area contributed by atoms with Crippen molar-refractivity contribution >= 4 is 5.91 Å². The lowest BCUT2D eigenvalue weighted by Crippen LogP contribution is -2.58. The monoisotopic (exact) mass is 210 g/mol. The number of nitrogens with two attached hydrogens (primary N) is 1. The highest BCUT2D eigenvalue weighted by atomic mass is 16.2. The number of nitrogens with zero attached hydrogens (tertiary/aromatic N) is 1. The van der Waals surface area contributed by atoms with Crippen molar-refractivity contribution in [3.05, 3.63) is 0 Å². The van der Waals surface area contributed by atoms with Crippen molar-refractivity contribution < 1.29 is 4.79 Å². The summed E-state index contributed by atoms with van der Waals surface area (Å²) >= 11 is 0. The van der Waals surface area contributed by atoms with Crippen LogP contribution in [0.5, 0.6) is 0 Å². The normalized spacial score (nSPS) is 26.1. The van der Waals surface area contributed by atoms with Crippen LogP contribution in [0, 0.1) is 11.8 Å². The van der Waals surface area contributed by atoms with Crippen molar-refractivity contribution in [1.29, 1.82) is 0 Å². The van der Waals surface area contributed by atoms with Gasteiger partial charge in [0.2, 0.25) is 5.91 Å². The van der Waals surface area contributed by atoms with Gasteiger partial charge in [0.1, 0.15) is 0 Å². The molecule has 3 nitrogen and oxygen atoms in total. The summed E-state index contributed by atoms with van der Waals surface area (Å²) in [6.45, 7) is 3.43. The summed E-state index contributed by atoms with van der Waals surface area (Å²) in [5, 5.41) is 0. The van der Waals surface area contributed by atoms with Crippen molar-refractivity contribution in [3.8, 4) is 0 Å². The fourth-order valence-electron chi connectivity index (χ4n) is 2.92. The van der Waals surface area contributed by atoms with Crippen molar-refractivity contribution in [1.82, 2.24) is 4.90 Å². The number of hydrogen-bond donors (Lipinski definition) is 1. The molecule has 1 aliphatic heterocycles. The number of likely N-dealkylation sites (tertiary alicyclic amines) is 1. The molecule has 2 N–H and O–H groups in total. The highest BCUT2D eigenvalue weighted by Crippen LogP contribution is 2.31. The first-order chi connectivity index (χ1) is 7.18. The SMILES string of the molecule is CC(=O)N1CC(C(N)C2CCCCC2)C1. The molecule has 1 saturated carbocycles. The molecule has 1 unspecified atom stereocenters. The van der Waals surface area contributed by atoms with Gasteiger partial charge in [0.25, 0.3) is 0 Å². The van der Waals surface area contributed by atoms with E-state index in [-0.39, 0.29) is 5.91 Å². The van der Waals surface area contributed by atoms with E-state index in [4.69, 9.17) is 5.73 Å². The molecule has 1 heterocycles. The van der Waals surface area contributed by atoms with Crippen molar-refractivity contribution in [2.24, 2.45) is 17.6 Å². The average molecular weight is 210 g/mol. The molecule has 0 spiro atoms. The first-order valence-electron chi connectivity index (χ1n) is 6.19. The van der Waals surface area contributed by atoms with Gasteiger partial charge in [0, 0.05) is 32.0 Å². The zero-order valence-corrected chi connectivity index (χ0v) is 9.61. The lowest BCUT2D eigenvalue weighted by molar-refractivity contribution is -0.135. The summed E-state index contributed by atoms with van der Waals surface area (Å²) < 4.78 is 0. The number of rotatable bonds is 2. The number of carbonyl (C=O) groups is 1. The van der Waals surface area contributed by atoms with Gasteiger partial charge in [-0.1, -0.05) is 19.3 Å². The van der Waals surface area contributed by atoms with E-state index in [1.165, 1.54) is 32.1 Å². The van der Waals surface area contributed by atoms with Gasteiger partial charge in [-0.3, -0.25) is 4.79 Å². The van der Waals surface area contributed by atoms with Crippen LogP contribution >= 0.6 is 0 Å². The quantitative estimate of drug-likeness (QED) is 0.748. The van der Waals surface area contributed by atoms with Gasteiger partial charge in [-0.25, -0.2) is 0 Å². The van der Waals surface area contributed by atoms with Crippen LogP contribution in [0.3, 0.4) is 0 Å². The van der Waals surface area contributed by atoms with Gasteiger partial charge in [-0.05, 0) is 18.8 Å². The van der Waals surface area contributed by atoms with Crippen LogP contribution in [0.25, 0.3) is 0 Å². The van der Waals surface area contributed by atoms with Crippen LogP contribution in [-0.2, 0) is 4.79 Å². The second-order valence-corrected chi connectivity index (χ2v) is 5.16. The van der Waals surface area contributed by atoms with Crippen molar-refractivity contribution in [2.75, 3.05) is 13.1 Å². The predicted molar refractivity (Wildman–Crippen MR) is 60.3 cm³/mol. The second-order valence-electron chi connectivity index (χ2n) is 5.16. The highest BCUT2D eigenvalue weighted by Gasteiger charge is 2.36. The molecule has 0 aromatic rings. The minimum Gasteiger partial charge on any atom is -0.342 e. The topological polar surface area (TPSA) is 46.3 Å². The molecular weight excluding hydrogens is 188 g/mol. The fraction of sp³-hybridized carbons (Fsp3) is 0.917. The van der Waals surface area contributed by atoms with Gasteiger partial charge in [-0.15, -0.1) is 0 Å². The molecule has 2 rings (SSSR count). The van der Waals surface area contributed by atoms with Crippen molar-refractivity contribution in [3.63, 3.8) is 0 Å². The van der Waals surface area contributed by atoms with Crippen molar-refractivity contribution in [2.45, 2.75) is 45.1 Å². The van der Waals surface area contributed by atoms with Gasteiger partial charge in [-0.2, -0.15) is 0 Å². The molecule has 1 saturated heterocycles. The number of amides is 1.